The van der Waals surface area contributed by atoms with Crippen LogP contribution in [-0.2, 0) is 4.79 Å². The molecule has 0 radical (unpaired) electrons. The molecule has 1 rings (SSSR count). The highest BCUT2D eigenvalue weighted by molar-refractivity contribution is 5.89. The molecule has 1 atom stereocenters. The molecule has 6 N–H and O–H groups in total. The molecule has 0 aliphatic heterocycles. The highest BCUT2D eigenvalue weighted by Crippen LogP contribution is 2.13. The standard InChI is InChI=1S/C13H19N3O5/c17-8-11(18)7-15-9-1-3-10(4-2-9)16-13(21)14-6-5-12(19)20/h1-4,11,15,17-18H,5-8H2,(H,19,20)(H2,14,16,21). The van der Waals surface area contributed by atoms with E-state index in [1.54, 1.807) is 24.3 Å². The van der Waals surface area contributed by atoms with Gasteiger partial charge in [0.1, 0.15) is 0 Å². The maximum Gasteiger partial charge on any atom is 0.319 e. The summed E-state index contributed by atoms with van der Waals surface area (Å²) >= 11 is 0. The normalized spacial score (nSPS) is 11.5. The number of benzene rings is 1. The van der Waals surface area contributed by atoms with Crippen LogP contribution in [0.4, 0.5) is 16.2 Å². The summed E-state index contributed by atoms with van der Waals surface area (Å²) in [4.78, 5) is 21.7. The van der Waals surface area contributed by atoms with E-state index in [-0.39, 0.29) is 26.1 Å². The number of hydrogen-bond donors (Lipinski definition) is 6. The van der Waals surface area contributed by atoms with Crippen molar-refractivity contribution >= 4 is 23.4 Å². The minimum absolute atomic E-state index is 0.0554. The van der Waals surface area contributed by atoms with Crippen molar-refractivity contribution in [3.05, 3.63) is 24.3 Å². The summed E-state index contributed by atoms with van der Waals surface area (Å²) in [6, 6.07) is 6.25. The van der Waals surface area contributed by atoms with E-state index >= 15 is 0 Å². The zero-order valence-electron chi connectivity index (χ0n) is 11.4. The Hall–Kier alpha value is -2.32. The second kappa shape index (κ2) is 8.77. The Labute approximate surface area is 121 Å². The number of carboxylic acid groups (broad SMARTS) is 1. The smallest absolute Gasteiger partial charge is 0.319 e. The number of rotatable bonds is 8. The molecule has 0 fully saturated rings. The zero-order valence-corrected chi connectivity index (χ0v) is 11.4. The number of anilines is 2. The second-order valence-corrected chi connectivity index (χ2v) is 4.32. The second-order valence-electron chi connectivity index (χ2n) is 4.32. The van der Waals surface area contributed by atoms with Gasteiger partial charge in [0.05, 0.1) is 19.1 Å². The van der Waals surface area contributed by atoms with E-state index in [0.717, 1.165) is 5.69 Å². The van der Waals surface area contributed by atoms with Gasteiger partial charge in [0, 0.05) is 24.5 Å². The van der Waals surface area contributed by atoms with E-state index in [2.05, 4.69) is 16.0 Å². The molecule has 0 saturated heterocycles. The van der Waals surface area contributed by atoms with Crippen molar-refractivity contribution in [1.82, 2.24) is 5.32 Å². The van der Waals surface area contributed by atoms with Crippen LogP contribution in [0.3, 0.4) is 0 Å². The van der Waals surface area contributed by atoms with E-state index in [0.29, 0.717) is 5.69 Å². The maximum atomic E-state index is 11.4. The van der Waals surface area contributed by atoms with Crippen molar-refractivity contribution in [1.29, 1.82) is 0 Å². The Morgan fingerprint density at radius 1 is 1.14 bits per heavy atom. The Balaban J connectivity index is 2.36. The molecule has 0 saturated carbocycles. The predicted molar refractivity (Wildman–Crippen MR) is 77.3 cm³/mol. The van der Waals surface area contributed by atoms with E-state index in [9.17, 15) is 14.7 Å². The van der Waals surface area contributed by atoms with Crippen LogP contribution in [0.1, 0.15) is 6.42 Å². The summed E-state index contributed by atoms with van der Waals surface area (Å²) < 4.78 is 0. The first kappa shape index (κ1) is 16.7. The fourth-order valence-electron chi connectivity index (χ4n) is 1.43. The van der Waals surface area contributed by atoms with Crippen molar-refractivity contribution in [3.8, 4) is 0 Å². The molecule has 2 amide bonds. The number of nitrogens with one attached hydrogen (secondary N) is 3. The van der Waals surface area contributed by atoms with Gasteiger partial charge in [-0.05, 0) is 24.3 Å². The largest absolute Gasteiger partial charge is 0.481 e. The highest BCUT2D eigenvalue weighted by Gasteiger charge is 2.04. The molecule has 1 aromatic carbocycles. The van der Waals surface area contributed by atoms with Crippen LogP contribution in [0.5, 0.6) is 0 Å². The van der Waals surface area contributed by atoms with E-state index < -0.39 is 18.1 Å². The van der Waals surface area contributed by atoms with Gasteiger partial charge in [-0.15, -0.1) is 0 Å². The molecular weight excluding hydrogens is 278 g/mol. The molecule has 8 nitrogen and oxygen atoms in total. The fourth-order valence-corrected chi connectivity index (χ4v) is 1.43. The Bertz CT molecular complexity index is 463. The third kappa shape index (κ3) is 7.14. The number of aliphatic carboxylic acids is 1. The molecule has 0 aliphatic carbocycles. The van der Waals surface area contributed by atoms with Crippen molar-refractivity contribution in [2.45, 2.75) is 12.5 Å². The molecule has 0 aromatic heterocycles. The molecule has 0 spiro atoms. The van der Waals surface area contributed by atoms with Gasteiger partial charge in [-0.2, -0.15) is 0 Å². The SMILES string of the molecule is O=C(O)CCNC(=O)Nc1ccc(NCC(O)CO)cc1. The number of aliphatic hydroxyl groups excluding tert-OH is 2. The van der Waals surface area contributed by atoms with Crippen molar-refractivity contribution < 1.29 is 24.9 Å². The number of amides is 2. The van der Waals surface area contributed by atoms with Gasteiger partial charge in [0.25, 0.3) is 0 Å². The first-order chi connectivity index (χ1) is 10.0. The van der Waals surface area contributed by atoms with Gasteiger partial charge in [-0.1, -0.05) is 0 Å². The number of carbonyl (C=O) groups excluding carboxylic acids is 1. The molecule has 116 valence electrons. The molecule has 0 aliphatic rings. The van der Waals surface area contributed by atoms with E-state index in [1.165, 1.54) is 0 Å². The van der Waals surface area contributed by atoms with Crippen molar-refractivity contribution in [2.75, 3.05) is 30.3 Å². The van der Waals surface area contributed by atoms with Gasteiger partial charge in [-0.3, -0.25) is 4.79 Å². The lowest BCUT2D eigenvalue weighted by Crippen LogP contribution is -2.30. The minimum atomic E-state index is -0.976. The topological polar surface area (TPSA) is 131 Å². The quantitative estimate of drug-likeness (QED) is 0.402. The van der Waals surface area contributed by atoms with Crippen LogP contribution in [-0.4, -0.2) is 53.1 Å². The average molecular weight is 297 g/mol. The van der Waals surface area contributed by atoms with Gasteiger partial charge in [0.2, 0.25) is 0 Å². The summed E-state index contributed by atoms with van der Waals surface area (Å²) in [5, 5.41) is 34.2. The number of aliphatic hydroxyl groups is 2. The first-order valence-electron chi connectivity index (χ1n) is 6.40. The summed E-state index contributed by atoms with van der Waals surface area (Å²) in [7, 11) is 0. The number of carboxylic acids is 1. The van der Waals surface area contributed by atoms with Crippen LogP contribution in [0.25, 0.3) is 0 Å². The maximum absolute atomic E-state index is 11.4. The minimum Gasteiger partial charge on any atom is -0.481 e. The summed E-state index contributed by atoms with van der Waals surface area (Å²) in [6.07, 6.45) is -0.966. The third-order valence-electron chi connectivity index (χ3n) is 2.52. The van der Waals surface area contributed by atoms with Crippen LogP contribution in [0.15, 0.2) is 24.3 Å². The van der Waals surface area contributed by atoms with Gasteiger partial charge in [0.15, 0.2) is 0 Å². The predicted octanol–water partition coefficient (Wildman–Crippen LogP) is 0.0479. The summed E-state index contributed by atoms with van der Waals surface area (Å²) in [5.41, 5.74) is 1.29. The molecule has 0 heterocycles. The summed E-state index contributed by atoms with van der Waals surface area (Å²) in [5.74, 6) is -0.976. The Morgan fingerprint density at radius 2 is 1.76 bits per heavy atom. The van der Waals surface area contributed by atoms with Gasteiger partial charge in [-0.25, -0.2) is 4.79 Å². The molecular formula is C13H19N3O5. The Morgan fingerprint density at radius 3 is 2.33 bits per heavy atom. The van der Waals surface area contributed by atoms with Crippen LogP contribution in [0, 0.1) is 0 Å². The van der Waals surface area contributed by atoms with Gasteiger partial charge < -0.3 is 31.3 Å². The Kier molecular flexibility index (Phi) is 6.99. The van der Waals surface area contributed by atoms with Crippen molar-refractivity contribution in [2.24, 2.45) is 0 Å². The highest BCUT2D eigenvalue weighted by atomic mass is 16.4. The van der Waals surface area contributed by atoms with Crippen molar-refractivity contribution in [3.63, 3.8) is 0 Å². The molecule has 1 unspecified atom stereocenters. The van der Waals surface area contributed by atoms with E-state index in [1.807, 2.05) is 0 Å². The third-order valence-corrected chi connectivity index (χ3v) is 2.52. The lowest BCUT2D eigenvalue weighted by atomic mass is 10.2. The monoisotopic (exact) mass is 297 g/mol. The lowest BCUT2D eigenvalue weighted by Gasteiger charge is -2.11. The number of urea groups is 1. The van der Waals surface area contributed by atoms with E-state index in [4.69, 9.17) is 10.2 Å². The molecule has 8 heteroatoms. The molecule has 21 heavy (non-hydrogen) atoms. The van der Waals surface area contributed by atoms with Crippen LogP contribution >= 0.6 is 0 Å². The van der Waals surface area contributed by atoms with Gasteiger partial charge >= 0.3 is 12.0 Å². The number of carbonyl (C=O) groups is 2. The molecule has 0 bridgehead atoms. The fraction of sp³-hybridized carbons (Fsp3) is 0.385. The molecule has 1 aromatic rings. The summed E-state index contributed by atoms with van der Waals surface area (Å²) in [6.45, 7) is -0.0397. The van der Waals surface area contributed by atoms with Crippen LogP contribution in [0.2, 0.25) is 0 Å². The first-order valence-corrected chi connectivity index (χ1v) is 6.40. The lowest BCUT2D eigenvalue weighted by molar-refractivity contribution is -0.136. The number of hydrogen-bond acceptors (Lipinski definition) is 5. The van der Waals surface area contributed by atoms with Crippen LogP contribution < -0.4 is 16.0 Å². The zero-order chi connectivity index (χ0) is 15.7. The average Bonchev–Trinajstić information content (AvgIpc) is 2.45.